The van der Waals surface area contributed by atoms with Crippen LogP contribution >= 0.6 is 0 Å². The van der Waals surface area contributed by atoms with Gasteiger partial charge in [-0.15, -0.1) is 0 Å². The second kappa shape index (κ2) is 9.32. The summed E-state index contributed by atoms with van der Waals surface area (Å²) in [5.74, 6) is -0.546. The molecule has 0 unspecified atom stereocenters. The summed E-state index contributed by atoms with van der Waals surface area (Å²) >= 11 is 0. The van der Waals surface area contributed by atoms with E-state index in [1.807, 2.05) is 30.3 Å². The monoisotopic (exact) mass is 395 g/mol. The van der Waals surface area contributed by atoms with E-state index in [9.17, 15) is 14.0 Å². The minimum atomic E-state index is -0.772. The molecule has 3 aromatic rings. The van der Waals surface area contributed by atoms with Crippen molar-refractivity contribution in [1.29, 1.82) is 0 Å². The fourth-order valence-electron chi connectivity index (χ4n) is 2.39. The summed E-state index contributed by atoms with van der Waals surface area (Å²) in [7, 11) is 1.49. The third-order valence-corrected chi connectivity index (χ3v) is 3.82. The van der Waals surface area contributed by atoms with Crippen LogP contribution in [0.25, 0.3) is 0 Å². The molecule has 0 spiro atoms. The molecule has 2 N–H and O–H groups in total. The average Bonchev–Trinajstić information content (AvgIpc) is 2.74. The van der Waals surface area contributed by atoms with E-state index in [1.165, 1.54) is 37.5 Å². The van der Waals surface area contributed by atoms with E-state index in [2.05, 4.69) is 15.6 Å². The number of carbonyl (C=O) groups excluding carboxylic acids is 2. The minimum Gasteiger partial charge on any atom is -0.457 e. The molecule has 2 amide bonds. The molecule has 0 saturated carbocycles. The molecule has 0 bridgehead atoms. The molecule has 1 heterocycles. The Labute approximate surface area is 166 Å². The third kappa shape index (κ3) is 5.52. The smallest absolute Gasteiger partial charge is 0.412 e. The molecule has 2 aromatic carbocycles. The lowest BCUT2D eigenvalue weighted by molar-refractivity contribution is 0.0957. The number of halogens is 1. The van der Waals surface area contributed by atoms with Crippen LogP contribution in [0.3, 0.4) is 0 Å². The van der Waals surface area contributed by atoms with Crippen molar-refractivity contribution in [3.05, 3.63) is 83.9 Å². The van der Waals surface area contributed by atoms with Gasteiger partial charge in [0.1, 0.15) is 23.8 Å². The zero-order valence-electron chi connectivity index (χ0n) is 15.5. The molecular formula is C21H18FN3O4. The number of rotatable bonds is 6. The SMILES string of the molecule is CNC(=O)c1cc(Oc2ccc(NC(=O)OCc3ccccc3)c(F)c2)ccn1. The van der Waals surface area contributed by atoms with Gasteiger partial charge in [0.25, 0.3) is 5.91 Å². The van der Waals surface area contributed by atoms with E-state index in [4.69, 9.17) is 9.47 Å². The van der Waals surface area contributed by atoms with Gasteiger partial charge < -0.3 is 14.8 Å². The molecule has 148 valence electrons. The highest BCUT2D eigenvalue weighted by Gasteiger charge is 2.11. The summed E-state index contributed by atoms with van der Waals surface area (Å²) in [6.07, 6.45) is 0.639. The normalized spacial score (nSPS) is 10.1. The highest BCUT2D eigenvalue weighted by molar-refractivity contribution is 5.92. The van der Waals surface area contributed by atoms with E-state index in [1.54, 1.807) is 0 Å². The summed E-state index contributed by atoms with van der Waals surface area (Å²) < 4.78 is 24.9. The molecule has 29 heavy (non-hydrogen) atoms. The number of aromatic nitrogens is 1. The highest BCUT2D eigenvalue weighted by Crippen LogP contribution is 2.26. The third-order valence-electron chi connectivity index (χ3n) is 3.82. The van der Waals surface area contributed by atoms with Gasteiger partial charge in [-0.3, -0.25) is 15.1 Å². The van der Waals surface area contributed by atoms with Crippen molar-refractivity contribution >= 4 is 17.7 Å². The average molecular weight is 395 g/mol. The second-order valence-electron chi connectivity index (χ2n) is 5.89. The van der Waals surface area contributed by atoms with Crippen LogP contribution in [0.1, 0.15) is 16.1 Å². The Kier molecular flexibility index (Phi) is 6.36. The molecule has 7 nitrogen and oxygen atoms in total. The molecule has 1 aromatic heterocycles. The first-order valence-corrected chi connectivity index (χ1v) is 8.68. The molecule has 0 aliphatic carbocycles. The number of benzene rings is 2. The molecule has 0 aliphatic rings. The number of pyridine rings is 1. The minimum absolute atomic E-state index is 0.0452. The van der Waals surface area contributed by atoms with Gasteiger partial charge in [-0.05, 0) is 23.8 Å². The maximum Gasteiger partial charge on any atom is 0.412 e. The van der Waals surface area contributed by atoms with Crippen LogP contribution < -0.4 is 15.4 Å². The van der Waals surface area contributed by atoms with E-state index in [-0.39, 0.29) is 29.6 Å². The fourth-order valence-corrected chi connectivity index (χ4v) is 2.39. The van der Waals surface area contributed by atoms with Crippen molar-refractivity contribution in [1.82, 2.24) is 10.3 Å². The van der Waals surface area contributed by atoms with Crippen molar-refractivity contribution in [3.63, 3.8) is 0 Å². The van der Waals surface area contributed by atoms with Crippen LogP contribution in [0.4, 0.5) is 14.9 Å². The Morgan fingerprint density at radius 1 is 1.03 bits per heavy atom. The topological polar surface area (TPSA) is 89.6 Å². The van der Waals surface area contributed by atoms with Crippen LogP contribution in [0.2, 0.25) is 0 Å². The second-order valence-corrected chi connectivity index (χ2v) is 5.89. The maximum absolute atomic E-state index is 14.3. The molecular weight excluding hydrogens is 377 g/mol. The standard InChI is InChI=1S/C21H18FN3O4/c1-23-20(26)19-12-16(9-10-24-19)29-15-7-8-18(17(22)11-15)25-21(27)28-13-14-5-3-2-4-6-14/h2-12H,13H2,1H3,(H,23,26)(H,25,27). The van der Waals surface area contributed by atoms with Crippen molar-refractivity contribution in [2.45, 2.75) is 6.61 Å². The molecule has 3 rings (SSSR count). The number of ether oxygens (including phenoxy) is 2. The molecule has 0 radical (unpaired) electrons. The summed E-state index contributed by atoms with van der Waals surface area (Å²) in [6, 6.07) is 16.1. The zero-order valence-corrected chi connectivity index (χ0v) is 15.5. The Morgan fingerprint density at radius 3 is 2.52 bits per heavy atom. The number of carbonyl (C=O) groups is 2. The van der Waals surface area contributed by atoms with Crippen molar-refractivity contribution in [2.24, 2.45) is 0 Å². The summed E-state index contributed by atoms with van der Waals surface area (Å²) in [6.45, 7) is 0.0746. The van der Waals surface area contributed by atoms with Crippen LogP contribution in [-0.2, 0) is 11.3 Å². The number of anilines is 1. The number of nitrogens with zero attached hydrogens (tertiary/aromatic N) is 1. The van der Waals surface area contributed by atoms with Gasteiger partial charge in [-0.1, -0.05) is 30.3 Å². The van der Waals surface area contributed by atoms with Crippen LogP contribution in [0.5, 0.6) is 11.5 Å². The predicted octanol–water partition coefficient (Wildman–Crippen LogP) is 4.12. The number of amides is 2. The Morgan fingerprint density at radius 2 is 1.79 bits per heavy atom. The maximum atomic E-state index is 14.3. The van der Waals surface area contributed by atoms with Gasteiger partial charge in [-0.2, -0.15) is 0 Å². The first-order valence-electron chi connectivity index (χ1n) is 8.68. The van der Waals surface area contributed by atoms with Crippen molar-refractivity contribution < 1.29 is 23.5 Å². The number of nitrogens with one attached hydrogen (secondary N) is 2. The van der Waals surface area contributed by atoms with Gasteiger partial charge in [0.2, 0.25) is 0 Å². The van der Waals surface area contributed by atoms with Gasteiger partial charge in [0.15, 0.2) is 5.82 Å². The molecule has 8 heteroatoms. The Bertz CT molecular complexity index is 1010. The van der Waals surface area contributed by atoms with Crippen LogP contribution in [0.15, 0.2) is 66.9 Å². The molecule has 0 fully saturated rings. The molecule has 0 atom stereocenters. The van der Waals surface area contributed by atoms with Crippen molar-refractivity contribution in [3.8, 4) is 11.5 Å². The predicted molar refractivity (Wildman–Crippen MR) is 104 cm³/mol. The summed E-state index contributed by atoms with van der Waals surface area (Å²) in [5.41, 5.74) is 0.946. The Balaban J connectivity index is 1.61. The molecule has 0 saturated heterocycles. The summed E-state index contributed by atoms with van der Waals surface area (Å²) in [4.78, 5) is 27.4. The number of hydrogen-bond donors (Lipinski definition) is 2. The lowest BCUT2D eigenvalue weighted by Gasteiger charge is -2.10. The first kappa shape index (κ1) is 19.8. The molecule has 0 aliphatic heterocycles. The van der Waals surface area contributed by atoms with E-state index < -0.39 is 11.9 Å². The van der Waals surface area contributed by atoms with Crippen molar-refractivity contribution in [2.75, 3.05) is 12.4 Å². The zero-order chi connectivity index (χ0) is 20.6. The van der Waals surface area contributed by atoms with Crippen LogP contribution in [0, 0.1) is 5.82 Å². The van der Waals surface area contributed by atoms with Gasteiger partial charge in [0.05, 0.1) is 5.69 Å². The Hall–Kier alpha value is -3.94. The lowest BCUT2D eigenvalue weighted by atomic mass is 10.2. The summed E-state index contributed by atoms with van der Waals surface area (Å²) in [5, 5.41) is 4.81. The van der Waals surface area contributed by atoms with E-state index in [0.717, 1.165) is 11.6 Å². The van der Waals surface area contributed by atoms with Gasteiger partial charge >= 0.3 is 6.09 Å². The van der Waals surface area contributed by atoms with Gasteiger partial charge in [0, 0.05) is 25.4 Å². The first-order chi connectivity index (χ1) is 14.0. The van der Waals surface area contributed by atoms with Crippen LogP contribution in [-0.4, -0.2) is 24.0 Å². The van der Waals surface area contributed by atoms with Gasteiger partial charge in [-0.25, -0.2) is 9.18 Å². The highest BCUT2D eigenvalue weighted by atomic mass is 19.1. The van der Waals surface area contributed by atoms with E-state index >= 15 is 0 Å². The van der Waals surface area contributed by atoms with E-state index in [0.29, 0.717) is 5.75 Å². The quantitative estimate of drug-likeness (QED) is 0.655. The lowest BCUT2D eigenvalue weighted by Crippen LogP contribution is -2.18. The largest absolute Gasteiger partial charge is 0.457 e. The number of hydrogen-bond acceptors (Lipinski definition) is 5. The fraction of sp³-hybridized carbons (Fsp3) is 0.0952.